The number of benzene rings is 2. The van der Waals surface area contributed by atoms with E-state index < -0.39 is 0 Å². The lowest BCUT2D eigenvalue weighted by atomic mass is 9.83. The van der Waals surface area contributed by atoms with Crippen LogP contribution in [0.4, 0.5) is 0 Å². The van der Waals surface area contributed by atoms with E-state index in [1.54, 1.807) is 7.11 Å². The second-order valence-electron chi connectivity index (χ2n) is 8.88. The van der Waals surface area contributed by atoms with E-state index in [0.717, 1.165) is 37.4 Å². The van der Waals surface area contributed by atoms with E-state index in [-0.39, 0.29) is 5.91 Å². The van der Waals surface area contributed by atoms with Gasteiger partial charge in [-0.05, 0) is 74.4 Å². The number of likely N-dealkylation sites (tertiary alicyclic amines) is 2. The molecule has 2 fully saturated rings. The van der Waals surface area contributed by atoms with Gasteiger partial charge in [0.05, 0.1) is 7.11 Å². The molecule has 2 saturated heterocycles. The second kappa shape index (κ2) is 9.65. The Kier molecular flexibility index (Phi) is 6.73. The van der Waals surface area contributed by atoms with Crippen LogP contribution in [0.25, 0.3) is 0 Å². The molecule has 0 aliphatic carbocycles. The highest BCUT2D eigenvalue weighted by Crippen LogP contribution is 2.32. The van der Waals surface area contributed by atoms with Gasteiger partial charge < -0.3 is 9.64 Å². The fraction of sp³-hybridized carbons (Fsp3) is 0.500. The van der Waals surface area contributed by atoms with Gasteiger partial charge in [-0.3, -0.25) is 9.69 Å². The molecule has 160 valence electrons. The number of hydrogen-bond donors (Lipinski definition) is 0. The summed E-state index contributed by atoms with van der Waals surface area (Å²) in [5, 5.41) is 0. The van der Waals surface area contributed by atoms with Gasteiger partial charge in [0, 0.05) is 24.7 Å². The van der Waals surface area contributed by atoms with Crippen molar-refractivity contribution in [3.05, 3.63) is 65.7 Å². The van der Waals surface area contributed by atoms with Gasteiger partial charge in [0.25, 0.3) is 5.91 Å². The summed E-state index contributed by atoms with van der Waals surface area (Å²) in [7, 11) is 1.64. The van der Waals surface area contributed by atoms with Crippen LogP contribution in [0.2, 0.25) is 0 Å². The van der Waals surface area contributed by atoms with Crippen LogP contribution in [0, 0.1) is 5.92 Å². The topological polar surface area (TPSA) is 32.8 Å². The number of fused-ring (bicyclic) bond motifs is 1. The summed E-state index contributed by atoms with van der Waals surface area (Å²) in [6.45, 7) is 6.42. The number of methoxy groups -OCH3 is 1. The highest BCUT2D eigenvalue weighted by molar-refractivity contribution is 5.94. The van der Waals surface area contributed by atoms with Crippen LogP contribution < -0.4 is 4.74 Å². The summed E-state index contributed by atoms with van der Waals surface area (Å²) in [6.07, 6.45) is 4.75. The van der Waals surface area contributed by atoms with Gasteiger partial charge in [0.1, 0.15) is 5.75 Å². The number of amides is 1. The Morgan fingerprint density at radius 3 is 2.73 bits per heavy atom. The predicted molar refractivity (Wildman–Crippen MR) is 121 cm³/mol. The molecule has 2 aliphatic heterocycles. The van der Waals surface area contributed by atoms with Crippen LogP contribution in [0.3, 0.4) is 0 Å². The molecule has 0 aromatic heterocycles. The van der Waals surface area contributed by atoms with Gasteiger partial charge in [-0.25, -0.2) is 0 Å². The molecule has 2 aromatic rings. The summed E-state index contributed by atoms with van der Waals surface area (Å²) in [6, 6.07) is 19.0. The number of carbonyl (C=O) groups excluding carboxylic acids is 1. The third kappa shape index (κ3) is 4.70. The first-order valence-electron chi connectivity index (χ1n) is 11.4. The van der Waals surface area contributed by atoms with E-state index in [0.29, 0.717) is 17.9 Å². The maximum absolute atomic E-state index is 13.1. The van der Waals surface area contributed by atoms with Crippen molar-refractivity contribution in [2.24, 2.45) is 5.92 Å². The average Bonchev–Trinajstić information content (AvgIpc) is 2.82. The predicted octanol–water partition coefficient (Wildman–Crippen LogP) is 4.82. The molecule has 0 unspecified atom stereocenters. The lowest BCUT2D eigenvalue weighted by molar-refractivity contribution is 0.0201. The fourth-order valence-corrected chi connectivity index (χ4v) is 5.22. The van der Waals surface area contributed by atoms with Crippen molar-refractivity contribution in [2.45, 2.75) is 44.6 Å². The molecule has 0 saturated carbocycles. The summed E-state index contributed by atoms with van der Waals surface area (Å²) < 4.78 is 5.29. The van der Waals surface area contributed by atoms with Crippen LogP contribution >= 0.6 is 0 Å². The van der Waals surface area contributed by atoms with Crippen LogP contribution in [0.15, 0.2) is 54.6 Å². The summed E-state index contributed by atoms with van der Waals surface area (Å²) in [5.74, 6) is 2.06. The zero-order valence-electron chi connectivity index (χ0n) is 18.3. The minimum Gasteiger partial charge on any atom is -0.497 e. The van der Waals surface area contributed by atoms with E-state index in [1.165, 1.54) is 31.4 Å². The molecular weight excluding hydrogens is 372 g/mol. The first-order chi connectivity index (χ1) is 14.7. The Labute approximate surface area is 180 Å². The first-order valence-corrected chi connectivity index (χ1v) is 11.4. The van der Waals surface area contributed by atoms with Crippen LogP contribution in [-0.4, -0.2) is 55.0 Å². The van der Waals surface area contributed by atoms with Gasteiger partial charge in [-0.15, -0.1) is 0 Å². The SMILES string of the molecule is COc1cccc(C(=O)N2CC[C@@H]3[C@H](CCCN3CC[C@@H](C)c3ccccc3)C2)c1. The molecule has 4 heteroatoms. The first kappa shape index (κ1) is 20.9. The minimum absolute atomic E-state index is 0.141. The maximum Gasteiger partial charge on any atom is 0.253 e. The molecule has 2 aromatic carbocycles. The van der Waals surface area contributed by atoms with Crippen molar-refractivity contribution < 1.29 is 9.53 Å². The molecule has 0 spiro atoms. The highest BCUT2D eigenvalue weighted by Gasteiger charge is 2.37. The van der Waals surface area contributed by atoms with Gasteiger partial charge in [0.15, 0.2) is 0 Å². The third-order valence-electron chi connectivity index (χ3n) is 7.00. The normalized spacial score (nSPS) is 22.9. The molecular formula is C26H34N2O2. The van der Waals surface area contributed by atoms with Crippen LogP contribution in [-0.2, 0) is 0 Å². The lowest BCUT2D eigenvalue weighted by Crippen LogP contribution is -2.55. The maximum atomic E-state index is 13.1. The van der Waals surface area contributed by atoms with Crippen molar-refractivity contribution in [1.29, 1.82) is 0 Å². The quantitative estimate of drug-likeness (QED) is 0.690. The van der Waals surface area contributed by atoms with Gasteiger partial charge in [-0.1, -0.05) is 43.3 Å². The molecule has 0 bridgehead atoms. The Morgan fingerprint density at radius 2 is 1.93 bits per heavy atom. The molecule has 1 amide bonds. The van der Waals surface area contributed by atoms with Gasteiger partial charge in [0.2, 0.25) is 0 Å². The monoisotopic (exact) mass is 406 g/mol. The largest absolute Gasteiger partial charge is 0.497 e. The molecule has 2 heterocycles. The molecule has 2 aliphatic rings. The molecule has 3 atom stereocenters. The summed E-state index contributed by atoms with van der Waals surface area (Å²) in [4.78, 5) is 17.8. The zero-order chi connectivity index (χ0) is 20.9. The van der Waals surface area contributed by atoms with Crippen molar-refractivity contribution in [2.75, 3.05) is 33.3 Å². The standard InChI is InChI=1S/C26H34N2O2/c1-20(21-8-4-3-5-9-21)13-16-27-15-7-11-23-19-28(17-14-25(23)27)26(29)22-10-6-12-24(18-22)30-2/h3-6,8-10,12,18,20,23,25H,7,11,13-17,19H2,1-2H3/t20-,23-,25-/m1/s1. The Balaban J connectivity index is 1.35. The summed E-state index contributed by atoms with van der Waals surface area (Å²) in [5.41, 5.74) is 2.17. The Hall–Kier alpha value is -2.33. The van der Waals surface area contributed by atoms with E-state index in [2.05, 4.69) is 47.1 Å². The molecule has 0 N–H and O–H groups in total. The fourth-order valence-electron chi connectivity index (χ4n) is 5.22. The lowest BCUT2D eigenvalue weighted by Gasteiger charge is -2.47. The van der Waals surface area contributed by atoms with Crippen LogP contribution in [0.5, 0.6) is 5.75 Å². The third-order valence-corrected chi connectivity index (χ3v) is 7.00. The highest BCUT2D eigenvalue weighted by atomic mass is 16.5. The summed E-state index contributed by atoms with van der Waals surface area (Å²) >= 11 is 0. The molecule has 4 nitrogen and oxygen atoms in total. The van der Waals surface area contributed by atoms with E-state index in [4.69, 9.17) is 4.74 Å². The Bertz CT molecular complexity index is 838. The number of hydrogen-bond acceptors (Lipinski definition) is 3. The van der Waals surface area contributed by atoms with Crippen molar-refractivity contribution >= 4 is 5.91 Å². The number of piperidine rings is 2. The Morgan fingerprint density at radius 1 is 1.10 bits per heavy atom. The zero-order valence-corrected chi connectivity index (χ0v) is 18.3. The van der Waals surface area contributed by atoms with Crippen molar-refractivity contribution in [3.8, 4) is 5.75 Å². The number of nitrogens with zero attached hydrogens (tertiary/aromatic N) is 2. The molecule has 4 rings (SSSR count). The van der Waals surface area contributed by atoms with Crippen molar-refractivity contribution in [3.63, 3.8) is 0 Å². The minimum atomic E-state index is 0.141. The number of ether oxygens (including phenoxy) is 1. The van der Waals surface area contributed by atoms with E-state index in [9.17, 15) is 4.79 Å². The molecule has 0 radical (unpaired) electrons. The van der Waals surface area contributed by atoms with E-state index in [1.807, 2.05) is 24.3 Å². The van der Waals surface area contributed by atoms with Crippen molar-refractivity contribution in [1.82, 2.24) is 9.80 Å². The van der Waals surface area contributed by atoms with E-state index >= 15 is 0 Å². The molecule has 30 heavy (non-hydrogen) atoms. The average molecular weight is 407 g/mol. The number of carbonyl (C=O) groups is 1. The number of rotatable bonds is 6. The smallest absolute Gasteiger partial charge is 0.253 e. The van der Waals surface area contributed by atoms with Crippen LogP contribution in [0.1, 0.15) is 54.4 Å². The second-order valence-corrected chi connectivity index (χ2v) is 8.88. The van der Waals surface area contributed by atoms with Gasteiger partial charge >= 0.3 is 0 Å². The van der Waals surface area contributed by atoms with Gasteiger partial charge in [-0.2, -0.15) is 0 Å².